The molecule has 1 N–H and O–H groups in total. The van der Waals surface area contributed by atoms with Crippen molar-refractivity contribution >= 4 is 17.4 Å². The molecule has 1 saturated heterocycles. The van der Waals surface area contributed by atoms with Gasteiger partial charge < -0.3 is 10.2 Å². The summed E-state index contributed by atoms with van der Waals surface area (Å²) in [6.45, 7) is 8.53. The maximum absolute atomic E-state index is 12.8. The van der Waals surface area contributed by atoms with Gasteiger partial charge in [-0.2, -0.15) is 0 Å². The van der Waals surface area contributed by atoms with Crippen LogP contribution in [0.5, 0.6) is 0 Å². The summed E-state index contributed by atoms with van der Waals surface area (Å²) in [5.74, 6) is 1.55. The molecule has 8 nitrogen and oxygen atoms in total. The van der Waals surface area contributed by atoms with Gasteiger partial charge in [-0.3, -0.25) is 4.79 Å². The largest absolute Gasteiger partial charge is 0.353 e. The summed E-state index contributed by atoms with van der Waals surface area (Å²) in [6.07, 6.45) is 4.41. The molecule has 4 rings (SSSR count). The molecule has 2 atom stereocenters. The SMILES string of the molecule is Cc1ccc(CNC(=O)Cn2nc3c(N4CC(C)CC(C)C4)nccn3c2=O)cc1. The first-order valence-corrected chi connectivity index (χ1v) is 10.4. The molecule has 1 fully saturated rings. The van der Waals surface area contributed by atoms with Crippen molar-refractivity contribution < 1.29 is 4.79 Å². The first-order valence-electron chi connectivity index (χ1n) is 10.4. The molecule has 30 heavy (non-hydrogen) atoms. The van der Waals surface area contributed by atoms with Gasteiger partial charge in [0, 0.05) is 32.0 Å². The molecule has 2 unspecified atom stereocenters. The summed E-state index contributed by atoms with van der Waals surface area (Å²) >= 11 is 0. The number of piperidine rings is 1. The highest BCUT2D eigenvalue weighted by atomic mass is 16.2. The molecule has 2 aromatic heterocycles. The Balaban J connectivity index is 1.52. The molecule has 3 aromatic rings. The van der Waals surface area contributed by atoms with Crippen molar-refractivity contribution in [2.45, 2.75) is 40.3 Å². The predicted octanol–water partition coefficient (Wildman–Crippen LogP) is 2.00. The molecular weight excluding hydrogens is 380 g/mol. The quantitative estimate of drug-likeness (QED) is 0.698. The second-order valence-corrected chi connectivity index (χ2v) is 8.50. The molecule has 0 bridgehead atoms. The van der Waals surface area contributed by atoms with E-state index in [-0.39, 0.29) is 18.1 Å². The molecule has 1 aliphatic heterocycles. The Hall–Kier alpha value is -3.16. The topological polar surface area (TPSA) is 84.5 Å². The minimum absolute atomic E-state index is 0.126. The number of amides is 1. The van der Waals surface area contributed by atoms with Crippen LogP contribution in [0, 0.1) is 18.8 Å². The second kappa shape index (κ2) is 8.30. The first-order chi connectivity index (χ1) is 14.4. The number of aromatic nitrogens is 4. The Bertz CT molecular complexity index is 1090. The molecule has 3 heterocycles. The smallest absolute Gasteiger partial charge is 0.350 e. The zero-order valence-electron chi connectivity index (χ0n) is 17.7. The Morgan fingerprint density at radius 2 is 1.87 bits per heavy atom. The number of hydrogen-bond donors (Lipinski definition) is 1. The molecule has 158 valence electrons. The van der Waals surface area contributed by atoms with Crippen LogP contribution in [-0.2, 0) is 17.9 Å². The van der Waals surface area contributed by atoms with Crippen LogP contribution in [0.1, 0.15) is 31.4 Å². The van der Waals surface area contributed by atoms with Gasteiger partial charge in [-0.25, -0.2) is 18.9 Å². The van der Waals surface area contributed by atoms with E-state index in [9.17, 15) is 9.59 Å². The lowest BCUT2D eigenvalue weighted by molar-refractivity contribution is -0.122. The fourth-order valence-electron chi connectivity index (χ4n) is 4.20. The Kier molecular flexibility index (Phi) is 5.57. The van der Waals surface area contributed by atoms with Crippen molar-refractivity contribution in [3.05, 3.63) is 58.3 Å². The summed E-state index contributed by atoms with van der Waals surface area (Å²) in [5.41, 5.74) is 2.34. The van der Waals surface area contributed by atoms with Gasteiger partial charge >= 0.3 is 5.69 Å². The molecule has 1 amide bonds. The van der Waals surface area contributed by atoms with Crippen molar-refractivity contribution in [3.8, 4) is 0 Å². The van der Waals surface area contributed by atoms with Gasteiger partial charge in [-0.05, 0) is 30.7 Å². The molecule has 0 spiro atoms. The lowest BCUT2D eigenvalue weighted by atomic mass is 9.92. The van der Waals surface area contributed by atoms with E-state index in [0.29, 0.717) is 29.8 Å². The number of carbonyl (C=O) groups is 1. The maximum Gasteiger partial charge on any atom is 0.350 e. The monoisotopic (exact) mass is 408 g/mol. The van der Waals surface area contributed by atoms with E-state index in [1.165, 1.54) is 21.1 Å². The van der Waals surface area contributed by atoms with Gasteiger partial charge in [-0.1, -0.05) is 43.7 Å². The molecular formula is C22H28N6O2. The van der Waals surface area contributed by atoms with Crippen LogP contribution in [0.4, 0.5) is 5.82 Å². The van der Waals surface area contributed by atoms with E-state index in [2.05, 4.69) is 34.1 Å². The second-order valence-electron chi connectivity index (χ2n) is 8.50. The van der Waals surface area contributed by atoms with E-state index in [1.54, 1.807) is 12.4 Å². The third-order valence-electron chi connectivity index (χ3n) is 5.56. The summed E-state index contributed by atoms with van der Waals surface area (Å²) in [5, 5.41) is 7.30. The summed E-state index contributed by atoms with van der Waals surface area (Å²) in [6, 6.07) is 7.96. The molecule has 0 saturated carbocycles. The summed E-state index contributed by atoms with van der Waals surface area (Å²) in [7, 11) is 0. The number of aryl methyl sites for hydroxylation is 1. The molecule has 0 radical (unpaired) electrons. The lowest BCUT2D eigenvalue weighted by Crippen LogP contribution is -2.39. The summed E-state index contributed by atoms with van der Waals surface area (Å²) in [4.78, 5) is 31.9. The van der Waals surface area contributed by atoms with Crippen LogP contribution in [0.2, 0.25) is 0 Å². The number of carbonyl (C=O) groups excluding carboxylic acids is 1. The first kappa shape index (κ1) is 20.1. The van der Waals surface area contributed by atoms with Crippen molar-refractivity contribution in [1.82, 2.24) is 24.5 Å². The van der Waals surface area contributed by atoms with Crippen LogP contribution in [-0.4, -0.2) is 38.2 Å². The van der Waals surface area contributed by atoms with Crippen molar-refractivity contribution in [1.29, 1.82) is 0 Å². The molecule has 1 aromatic carbocycles. The van der Waals surface area contributed by atoms with E-state index in [4.69, 9.17) is 0 Å². The highest BCUT2D eigenvalue weighted by Gasteiger charge is 2.25. The third-order valence-corrected chi connectivity index (χ3v) is 5.56. The highest BCUT2D eigenvalue weighted by Crippen LogP contribution is 2.26. The minimum atomic E-state index is -0.336. The number of fused-ring (bicyclic) bond motifs is 1. The fraction of sp³-hybridized carbons (Fsp3) is 0.455. The van der Waals surface area contributed by atoms with Crippen LogP contribution in [0.15, 0.2) is 41.5 Å². The zero-order chi connectivity index (χ0) is 21.3. The van der Waals surface area contributed by atoms with Crippen molar-refractivity contribution in [3.63, 3.8) is 0 Å². The van der Waals surface area contributed by atoms with Crippen molar-refractivity contribution in [2.75, 3.05) is 18.0 Å². The number of anilines is 1. The minimum Gasteiger partial charge on any atom is -0.353 e. The Morgan fingerprint density at radius 3 is 2.57 bits per heavy atom. The maximum atomic E-state index is 12.8. The average molecular weight is 409 g/mol. The van der Waals surface area contributed by atoms with Crippen LogP contribution in [0.3, 0.4) is 0 Å². The van der Waals surface area contributed by atoms with Gasteiger partial charge in [0.2, 0.25) is 11.6 Å². The Labute approximate surface area is 175 Å². The van der Waals surface area contributed by atoms with Crippen molar-refractivity contribution in [2.24, 2.45) is 11.8 Å². The average Bonchev–Trinajstić information content (AvgIpc) is 3.02. The third kappa shape index (κ3) is 4.22. The fourth-order valence-corrected chi connectivity index (χ4v) is 4.20. The zero-order valence-corrected chi connectivity index (χ0v) is 17.7. The van der Waals surface area contributed by atoms with E-state index in [1.807, 2.05) is 31.2 Å². The number of hydrogen-bond acceptors (Lipinski definition) is 5. The number of rotatable bonds is 5. The van der Waals surface area contributed by atoms with Crippen LogP contribution in [0.25, 0.3) is 5.65 Å². The van der Waals surface area contributed by atoms with E-state index >= 15 is 0 Å². The van der Waals surface area contributed by atoms with Gasteiger partial charge in [0.15, 0.2) is 5.82 Å². The lowest BCUT2D eigenvalue weighted by Gasteiger charge is -2.35. The van der Waals surface area contributed by atoms with Gasteiger partial charge in [0.25, 0.3) is 0 Å². The van der Waals surface area contributed by atoms with Crippen LogP contribution < -0.4 is 15.9 Å². The normalized spacial score (nSPS) is 19.2. The van der Waals surface area contributed by atoms with E-state index in [0.717, 1.165) is 18.7 Å². The molecule has 8 heteroatoms. The predicted molar refractivity (Wildman–Crippen MR) is 115 cm³/mol. The highest BCUT2D eigenvalue weighted by molar-refractivity contribution is 5.75. The van der Waals surface area contributed by atoms with E-state index < -0.39 is 0 Å². The molecule has 0 aliphatic carbocycles. The van der Waals surface area contributed by atoms with Gasteiger partial charge in [0.1, 0.15) is 6.54 Å². The Morgan fingerprint density at radius 1 is 1.17 bits per heavy atom. The summed E-state index contributed by atoms with van der Waals surface area (Å²) < 4.78 is 2.68. The molecule has 1 aliphatic rings. The van der Waals surface area contributed by atoms with Crippen LogP contribution >= 0.6 is 0 Å². The number of benzene rings is 1. The van der Waals surface area contributed by atoms with Gasteiger partial charge in [0.05, 0.1) is 0 Å². The number of nitrogens with one attached hydrogen (secondary N) is 1. The number of nitrogens with zero attached hydrogens (tertiary/aromatic N) is 5. The standard InChI is InChI=1S/C22H28N6O2/c1-15-4-6-18(7-5-15)11-24-19(29)14-28-22(30)27-9-8-23-20(21(27)25-28)26-12-16(2)10-17(3)13-26/h4-9,16-17H,10-14H2,1-3H3,(H,24,29). The van der Waals surface area contributed by atoms with Gasteiger partial charge in [-0.15, -0.1) is 5.10 Å².